The van der Waals surface area contributed by atoms with Crippen LogP contribution in [0.1, 0.15) is 39.0 Å². The normalized spacial score (nSPS) is 35.7. The lowest BCUT2D eigenvalue weighted by Crippen LogP contribution is -2.50. The van der Waals surface area contributed by atoms with E-state index in [9.17, 15) is 13.7 Å². The molecule has 0 aromatic heterocycles. The Kier molecular flexibility index (Phi) is 4.86. The fraction of sp³-hybridized carbons (Fsp3) is 0.929. The van der Waals surface area contributed by atoms with Gasteiger partial charge in [0.15, 0.2) is 9.84 Å². The highest BCUT2D eigenvalue weighted by molar-refractivity contribution is 7.91. The molecule has 1 heterocycles. The molecular formula is C14H24N2O2S. The molecular weight excluding hydrogens is 260 g/mol. The molecule has 1 saturated heterocycles. The Bertz CT molecular complexity index is 427. The summed E-state index contributed by atoms with van der Waals surface area (Å²) in [5.74, 6) is 1.34. The van der Waals surface area contributed by atoms with Gasteiger partial charge in [-0.15, -0.1) is 0 Å². The average molecular weight is 284 g/mol. The van der Waals surface area contributed by atoms with Crippen molar-refractivity contribution in [1.82, 2.24) is 4.90 Å². The van der Waals surface area contributed by atoms with Gasteiger partial charge in [0.2, 0.25) is 0 Å². The van der Waals surface area contributed by atoms with Gasteiger partial charge in [0.1, 0.15) is 0 Å². The van der Waals surface area contributed by atoms with Crippen LogP contribution in [-0.2, 0) is 9.84 Å². The van der Waals surface area contributed by atoms with Gasteiger partial charge in [0.05, 0.1) is 23.5 Å². The van der Waals surface area contributed by atoms with E-state index in [1.807, 2.05) is 0 Å². The molecule has 2 rings (SSSR count). The van der Waals surface area contributed by atoms with Crippen LogP contribution in [-0.4, -0.2) is 44.0 Å². The van der Waals surface area contributed by atoms with Crippen molar-refractivity contribution in [1.29, 1.82) is 5.26 Å². The molecule has 0 aromatic rings. The van der Waals surface area contributed by atoms with Crippen LogP contribution in [0.5, 0.6) is 0 Å². The molecule has 108 valence electrons. The number of nitriles is 1. The van der Waals surface area contributed by atoms with E-state index in [4.69, 9.17) is 0 Å². The van der Waals surface area contributed by atoms with E-state index in [1.54, 1.807) is 0 Å². The topological polar surface area (TPSA) is 61.2 Å². The lowest BCUT2D eigenvalue weighted by molar-refractivity contribution is 0.106. The highest BCUT2D eigenvalue weighted by atomic mass is 32.2. The first-order valence-corrected chi connectivity index (χ1v) is 9.22. The van der Waals surface area contributed by atoms with Crippen LogP contribution in [0.15, 0.2) is 0 Å². The van der Waals surface area contributed by atoms with Gasteiger partial charge in [-0.25, -0.2) is 8.42 Å². The number of nitrogens with zero attached hydrogens (tertiary/aromatic N) is 2. The highest BCUT2D eigenvalue weighted by Gasteiger charge is 2.36. The van der Waals surface area contributed by atoms with Gasteiger partial charge in [-0.05, 0) is 25.2 Å². The second-order valence-electron chi connectivity index (χ2n) is 5.96. The molecule has 0 aromatic carbocycles. The Morgan fingerprint density at radius 3 is 2.53 bits per heavy atom. The van der Waals surface area contributed by atoms with Crippen molar-refractivity contribution in [3.05, 3.63) is 0 Å². The minimum absolute atomic E-state index is 0.0916. The first kappa shape index (κ1) is 14.8. The maximum absolute atomic E-state index is 11.5. The Labute approximate surface area is 116 Å². The van der Waals surface area contributed by atoms with Crippen LogP contribution in [0, 0.1) is 23.2 Å². The van der Waals surface area contributed by atoms with Gasteiger partial charge < -0.3 is 0 Å². The summed E-state index contributed by atoms with van der Waals surface area (Å²) in [5, 5.41) is 9.32. The summed E-state index contributed by atoms with van der Waals surface area (Å²) in [6.07, 6.45) is 5.65. The fourth-order valence-electron chi connectivity index (χ4n) is 3.51. The SMILES string of the molecule is CCCC1CCC(C#N)C(N2CCS(=O)(=O)CC2)C1. The van der Waals surface area contributed by atoms with Crippen molar-refractivity contribution < 1.29 is 8.42 Å². The molecule has 0 N–H and O–H groups in total. The third-order valence-corrected chi connectivity index (χ3v) is 6.25. The number of hydrogen-bond acceptors (Lipinski definition) is 4. The zero-order valence-electron chi connectivity index (χ0n) is 11.7. The van der Waals surface area contributed by atoms with Crippen LogP contribution in [0.2, 0.25) is 0 Å². The fourth-order valence-corrected chi connectivity index (χ4v) is 4.74. The summed E-state index contributed by atoms with van der Waals surface area (Å²) in [4.78, 5) is 2.26. The van der Waals surface area contributed by atoms with Gasteiger partial charge in [0.25, 0.3) is 0 Å². The minimum Gasteiger partial charge on any atom is -0.297 e. The second kappa shape index (κ2) is 6.23. The molecule has 1 aliphatic heterocycles. The summed E-state index contributed by atoms with van der Waals surface area (Å²) in [5.41, 5.74) is 0. The number of rotatable bonds is 3. The Morgan fingerprint density at radius 2 is 1.95 bits per heavy atom. The van der Waals surface area contributed by atoms with E-state index in [2.05, 4.69) is 17.9 Å². The number of hydrogen-bond donors (Lipinski definition) is 0. The number of sulfone groups is 1. The zero-order valence-corrected chi connectivity index (χ0v) is 12.5. The second-order valence-corrected chi connectivity index (χ2v) is 8.26. The molecule has 1 aliphatic carbocycles. The third-order valence-electron chi connectivity index (χ3n) is 4.64. The van der Waals surface area contributed by atoms with Crippen molar-refractivity contribution in [2.45, 2.75) is 45.1 Å². The van der Waals surface area contributed by atoms with E-state index < -0.39 is 9.84 Å². The quantitative estimate of drug-likeness (QED) is 0.793. The maximum Gasteiger partial charge on any atom is 0.152 e. The first-order chi connectivity index (χ1) is 9.05. The smallest absolute Gasteiger partial charge is 0.152 e. The monoisotopic (exact) mass is 284 g/mol. The molecule has 3 atom stereocenters. The molecule has 2 fully saturated rings. The minimum atomic E-state index is -2.83. The van der Waals surface area contributed by atoms with Crippen LogP contribution in [0.4, 0.5) is 0 Å². The highest BCUT2D eigenvalue weighted by Crippen LogP contribution is 2.35. The van der Waals surface area contributed by atoms with E-state index in [-0.39, 0.29) is 23.5 Å². The van der Waals surface area contributed by atoms with Crippen molar-refractivity contribution in [2.75, 3.05) is 24.6 Å². The van der Waals surface area contributed by atoms with E-state index in [0.717, 1.165) is 25.2 Å². The Hall–Kier alpha value is -0.600. The van der Waals surface area contributed by atoms with E-state index in [1.165, 1.54) is 12.8 Å². The lowest BCUT2D eigenvalue weighted by Gasteiger charge is -2.41. The summed E-state index contributed by atoms with van der Waals surface area (Å²) in [6, 6.07) is 2.73. The van der Waals surface area contributed by atoms with Crippen LogP contribution in [0.25, 0.3) is 0 Å². The summed E-state index contributed by atoms with van der Waals surface area (Å²) >= 11 is 0. The Balaban J connectivity index is 2.01. The predicted octanol–water partition coefficient (Wildman–Crippen LogP) is 1.83. The largest absolute Gasteiger partial charge is 0.297 e. The van der Waals surface area contributed by atoms with E-state index >= 15 is 0 Å². The van der Waals surface area contributed by atoms with Gasteiger partial charge >= 0.3 is 0 Å². The van der Waals surface area contributed by atoms with Crippen molar-refractivity contribution >= 4 is 9.84 Å². The van der Waals surface area contributed by atoms with Gasteiger partial charge in [-0.2, -0.15) is 5.26 Å². The van der Waals surface area contributed by atoms with Crippen molar-refractivity contribution in [2.24, 2.45) is 11.8 Å². The zero-order chi connectivity index (χ0) is 13.9. The van der Waals surface area contributed by atoms with Crippen LogP contribution in [0.3, 0.4) is 0 Å². The van der Waals surface area contributed by atoms with Crippen molar-refractivity contribution in [3.63, 3.8) is 0 Å². The molecule has 1 saturated carbocycles. The molecule has 0 bridgehead atoms. The molecule has 19 heavy (non-hydrogen) atoms. The summed E-state index contributed by atoms with van der Waals surface area (Å²) < 4.78 is 23.0. The van der Waals surface area contributed by atoms with Gasteiger partial charge in [-0.1, -0.05) is 19.8 Å². The average Bonchev–Trinajstić information content (AvgIpc) is 2.39. The molecule has 0 spiro atoms. The predicted molar refractivity (Wildman–Crippen MR) is 75.4 cm³/mol. The molecule has 3 unspecified atom stereocenters. The van der Waals surface area contributed by atoms with Gasteiger partial charge in [-0.3, -0.25) is 4.90 Å². The maximum atomic E-state index is 11.5. The van der Waals surface area contributed by atoms with Gasteiger partial charge in [0, 0.05) is 19.1 Å². The van der Waals surface area contributed by atoms with Crippen LogP contribution < -0.4 is 0 Å². The van der Waals surface area contributed by atoms with E-state index in [0.29, 0.717) is 13.1 Å². The van der Waals surface area contributed by atoms with Crippen LogP contribution >= 0.6 is 0 Å². The molecule has 5 heteroatoms. The summed E-state index contributed by atoms with van der Waals surface area (Å²) in [7, 11) is -2.83. The third kappa shape index (κ3) is 3.70. The Morgan fingerprint density at radius 1 is 1.26 bits per heavy atom. The molecule has 2 aliphatic rings. The molecule has 0 radical (unpaired) electrons. The lowest BCUT2D eigenvalue weighted by atomic mass is 9.76. The first-order valence-electron chi connectivity index (χ1n) is 7.40. The molecule has 0 amide bonds. The van der Waals surface area contributed by atoms with Crippen molar-refractivity contribution in [3.8, 4) is 6.07 Å². The summed E-state index contributed by atoms with van der Waals surface area (Å²) in [6.45, 7) is 3.44. The molecule has 4 nitrogen and oxygen atoms in total. The standard InChI is InChI=1S/C14H24N2O2S/c1-2-3-12-4-5-13(11-15)14(10-12)16-6-8-19(17,18)9-7-16/h12-14H,2-10H2,1H3.